The van der Waals surface area contributed by atoms with Gasteiger partial charge in [0.2, 0.25) is 5.96 Å². The molecule has 104 valence electrons. The van der Waals surface area contributed by atoms with E-state index in [0.29, 0.717) is 17.1 Å². The van der Waals surface area contributed by atoms with E-state index in [1.807, 2.05) is 6.92 Å². The first-order valence-electron chi connectivity index (χ1n) is 5.99. The molecular weight excluding hydrogens is 258 g/mol. The van der Waals surface area contributed by atoms with Crippen molar-refractivity contribution in [2.45, 2.75) is 13.5 Å². The summed E-state index contributed by atoms with van der Waals surface area (Å²) in [4.78, 5) is 18.5. The summed E-state index contributed by atoms with van der Waals surface area (Å²) in [6.07, 6.45) is 4.72. The van der Waals surface area contributed by atoms with Crippen molar-refractivity contribution in [3.63, 3.8) is 0 Å². The first-order valence-corrected chi connectivity index (χ1v) is 5.99. The van der Waals surface area contributed by atoms with E-state index < -0.39 is 0 Å². The van der Waals surface area contributed by atoms with Crippen LogP contribution in [0.4, 0.5) is 5.69 Å². The molecule has 0 aliphatic rings. The van der Waals surface area contributed by atoms with E-state index in [0.717, 1.165) is 6.54 Å². The molecule has 1 amide bonds. The van der Waals surface area contributed by atoms with Crippen LogP contribution in [0, 0.1) is 5.41 Å². The number of carbonyl (C=O) groups excluding carboxylic acids is 1. The Balaban J connectivity index is 2.04. The maximum atomic E-state index is 12.0. The molecule has 8 nitrogen and oxygen atoms in total. The fraction of sp³-hybridized carbons (Fsp3) is 0.167. The van der Waals surface area contributed by atoms with Crippen molar-refractivity contribution in [2.24, 2.45) is 10.7 Å². The summed E-state index contributed by atoms with van der Waals surface area (Å²) < 4.78 is 1.72. The Hall–Kier alpha value is -2.90. The monoisotopic (exact) mass is 273 g/mol. The molecule has 0 atom stereocenters. The Bertz CT molecular complexity index is 652. The average molecular weight is 273 g/mol. The van der Waals surface area contributed by atoms with Crippen LogP contribution in [-0.4, -0.2) is 32.8 Å². The number of aromatic nitrogens is 3. The van der Waals surface area contributed by atoms with Gasteiger partial charge in [-0.05, 0) is 19.1 Å². The minimum absolute atomic E-state index is 0.275. The number of hydrogen-bond acceptors (Lipinski definition) is 3. The van der Waals surface area contributed by atoms with E-state index in [4.69, 9.17) is 11.1 Å². The highest BCUT2D eigenvalue weighted by atomic mass is 16.1. The van der Waals surface area contributed by atoms with Gasteiger partial charge in [-0.3, -0.25) is 14.9 Å². The van der Waals surface area contributed by atoms with Crippen molar-refractivity contribution in [1.82, 2.24) is 14.8 Å². The van der Waals surface area contributed by atoms with Crippen LogP contribution < -0.4 is 11.1 Å². The van der Waals surface area contributed by atoms with Crippen LogP contribution in [0.1, 0.15) is 23.1 Å². The second-order valence-corrected chi connectivity index (χ2v) is 4.01. The second kappa shape index (κ2) is 5.83. The number of anilines is 1. The first kappa shape index (κ1) is 13.5. The van der Waals surface area contributed by atoms with E-state index in [-0.39, 0.29) is 11.9 Å². The number of aliphatic imine (C=N–C) groups is 1. The van der Waals surface area contributed by atoms with Crippen molar-refractivity contribution in [1.29, 1.82) is 5.41 Å². The van der Waals surface area contributed by atoms with Crippen LogP contribution in [0.5, 0.6) is 0 Å². The topological polar surface area (TPSA) is 125 Å². The quantitative estimate of drug-likeness (QED) is 0.486. The number of aryl methyl sites for hydroxylation is 1. The zero-order valence-corrected chi connectivity index (χ0v) is 10.9. The number of nitrogens with one attached hydrogen (secondary N) is 3. The minimum Gasteiger partial charge on any atom is -0.368 e. The molecule has 2 rings (SSSR count). The third-order valence-corrected chi connectivity index (χ3v) is 2.51. The predicted octanol–water partition coefficient (Wildman–Crippen LogP) is 0.796. The molecule has 2 heterocycles. The van der Waals surface area contributed by atoms with Crippen molar-refractivity contribution in [3.05, 3.63) is 35.9 Å². The van der Waals surface area contributed by atoms with Crippen LogP contribution in [0.3, 0.4) is 0 Å². The largest absolute Gasteiger partial charge is 0.368 e. The standard InChI is InChI=1S/C12H15N7O/c1-2-19-7-9(6-16-19)18-11(20)10-4-3-8(17-10)5-15-12(13)14/h3-7,17H,2H2,1H3,(H3,13,14)(H,18,20)/b15-5-. The van der Waals surface area contributed by atoms with Crippen LogP contribution in [-0.2, 0) is 6.54 Å². The minimum atomic E-state index is -0.294. The summed E-state index contributed by atoms with van der Waals surface area (Å²) in [5.74, 6) is -0.569. The van der Waals surface area contributed by atoms with Gasteiger partial charge >= 0.3 is 0 Å². The number of guanidine groups is 1. The van der Waals surface area contributed by atoms with Gasteiger partial charge < -0.3 is 16.0 Å². The molecule has 0 unspecified atom stereocenters. The Morgan fingerprint density at radius 3 is 3.10 bits per heavy atom. The van der Waals surface area contributed by atoms with Crippen LogP contribution in [0.15, 0.2) is 29.5 Å². The molecule has 2 aromatic heterocycles. The molecule has 8 heteroatoms. The molecule has 0 bridgehead atoms. The van der Waals surface area contributed by atoms with Gasteiger partial charge in [-0.1, -0.05) is 0 Å². The van der Waals surface area contributed by atoms with Gasteiger partial charge in [0.25, 0.3) is 5.91 Å². The Morgan fingerprint density at radius 2 is 2.45 bits per heavy atom. The summed E-state index contributed by atoms with van der Waals surface area (Å²) in [7, 11) is 0. The van der Waals surface area contributed by atoms with E-state index >= 15 is 0 Å². The highest BCUT2D eigenvalue weighted by Crippen LogP contribution is 2.08. The van der Waals surface area contributed by atoms with Crippen LogP contribution >= 0.6 is 0 Å². The summed E-state index contributed by atoms with van der Waals surface area (Å²) in [6, 6.07) is 3.30. The first-order chi connectivity index (χ1) is 9.58. The lowest BCUT2D eigenvalue weighted by atomic mass is 10.4. The second-order valence-electron chi connectivity index (χ2n) is 4.01. The lowest BCUT2D eigenvalue weighted by Gasteiger charge is -1.99. The zero-order valence-electron chi connectivity index (χ0n) is 10.9. The molecule has 0 aliphatic heterocycles. The van der Waals surface area contributed by atoms with Crippen molar-refractivity contribution < 1.29 is 4.79 Å². The van der Waals surface area contributed by atoms with E-state index in [2.05, 4.69) is 20.4 Å². The number of rotatable bonds is 4. The molecule has 0 aliphatic carbocycles. The summed E-state index contributed by atoms with van der Waals surface area (Å²) in [5.41, 5.74) is 6.72. The van der Waals surface area contributed by atoms with Crippen molar-refractivity contribution in [2.75, 3.05) is 5.32 Å². The fourth-order valence-electron chi connectivity index (χ4n) is 1.56. The number of hydrogen-bond donors (Lipinski definition) is 4. The van der Waals surface area contributed by atoms with Gasteiger partial charge in [0.1, 0.15) is 5.69 Å². The van der Waals surface area contributed by atoms with Gasteiger partial charge in [0.15, 0.2) is 0 Å². The Morgan fingerprint density at radius 1 is 1.65 bits per heavy atom. The molecule has 5 N–H and O–H groups in total. The lowest BCUT2D eigenvalue weighted by Crippen LogP contribution is -2.12. The Labute approximate surface area is 115 Å². The van der Waals surface area contributed by atoms with Crippen molar-refractivity contribution in [3.8, 4) is 0 Å². The molecule has 0 saturated carbocycles. The number of nitrogens with zero attached hydrogens (tertiary/aromatic N) is 3. The smallest absolute Gasteiger partial charge is 0.272 e. The van der Waals surface area contributed by atoms with E-state index in [1.165, 1.54) is 6.21 Å². The molecule has 0 radical (unpaired) electrons. The maximum absolute atomic E-state index is 12.0. The molecule has 2 aromatic rings. The van der Waals surface area contributed by atoms with Gasteiger partial charge in [0.05, 0.1) is 23.8 Å². The Kier molecular flexibility index (Phi) is 3.94. The zero-order chi connectivity index (χ0) is 14.5. The number of nitrogens with two attached hydrogens (primary N) is 1. The lowest BCUT2D eigenvalue weighted by molar-refractivity contribution is 0.102. The average Bonchev–Trinajstić information content (AvgIpc) is 3.04. The maximum Gasteiger partial charge on any atom is 0.272 e. The van der Waals surface area contributed by atoms with Gasteiger partial charge in [-0.15, -0.1) is 0 Å². The van der Waals surface area contributed by atoms with Gasteiger partial charge in [-0.2, -0.15) is 5.10 Å². The van der Waals surface area contributed by atoms with Crippen LogP contribution in [0.2, 0.25) is 0 Å². The molecule has 0 saturated heterocycles. The fourth-order valence-corrected chi connectivity index (χ4v) is 1.56. The van der Waals surface area contributed by atoms with Gasteiger partial charge in [0, 0.05) is 12.7 Å². The highest BCUT2D eigenvalue weighted by molar-refractivity contribution is 6.03. The third kappa shape index (κ3) is 3.31. The number of carbonyl (C=O) groups is 1. The SMILES string of the molecule is CCn1cc(NC(=O)c2ccc(/C=N\C(=N)N)[nH]2)cn1. The highest BCUT2D eigenvalue weighted by Gasteiger charge is 2.09. The normalized spacial score (nSPS) is 10.8. The van der Waals surface area contributed by atoms with E-state index in [1.54, 1.807) is 29.2 Å². The molecule has 0 fully saturated rings. The number of H-pyrrole nitrogens is 1. The van der Waals surface area contributed by atoms with Crippen molar-refractivity contribution >= 4 is 23.8 Å². The summed E-state index contributed by atoms with van der Waals surface area (Å²) in [5, 5.41) is 13.8. The molecule has 0 spiro atoms. The summed E-state index contributed by atoms with van der Waals surface area (Å²) in [6.45, 7) is 2.70. The van der Waals surface area contributed by atoms with E-state index in [9.17, 15) is 4.79 Å². The third-order valence-electron chi connectivity index (χ3n) is 2.51. The summed E-state index contributed by atoms with van der Waals surface area (Å²) >= 11 is 0. The number of amides is 1. The predicted molar refractivity (Wildman–Crippen MR) is 76.2 cm³/mol. The number of aromatic amines is 1. The molecular formula is C12H15N7O. The van der Waals surface area contributed by atoms with Crippen LogP contribution in [0.25, 0.3) is 0 Å². The molecule has 20 heavy (non-hydrogen) atoms. The molecule has 0 aromatic carbocycles. The van der Waals surface area contributed by atoms with Gasteiger partial charge in [-0.25, -0.2) is 4.99 Å².